The number of non-ortho nitro benzene ring substituents is 1. The van der Waals surface area contributed by atoms with Gasteiger partial charge in [0, 0.05) is 23.2 Å². The minimum Gasteiger partial charge on any atom is -0.489 e. The lowest BCUT2D eigenvalue weighted by Crippen LogP contribution is -2.00. The number of hydrogen-bond donors (Lipinski definition) is 0. The van der Waals surface area contributed by atoms with E-state index in [0.29, 0.717) is 22.1 Å². The first-order valence-electron chi connectivity index (χ1n) is 9.11. The van der Waals surface area contributed by atoms with Gasteiger partial charge in [-0.25, -0.2) is 0 Å². The molecule has 1 heterocycles. The van der Waals surface area contributed by atoms with Gasteiger partial charge >= 0.3 is 0 Å². The largest absolute Gasteiger partial charge is 0.489 e. The van der Waals surface area contributed by atoms with Crippen LogP contribution in [0.25, 0.3) is 6.08 Å². The molecule has 0 N–H and O–H groups in total. The fraction of sp³-hybridized carbons (Fsp3) is 0.0870. The van der Waals surface area contributed by atoms with Gasteiger partial charge < -0.3 is 9.47 Å². The number of nitro benzene ring substituents is 1. The van der Waals surface area contributed by atoms with Crippen molar-refractivity contribution in [3.8, 4) is 11.5 Å². The molecule has 1 aliphatic heterocycles. The summed E-state index contributed by atoms with van der Waals surface area (Å²) in [5.74, 6) is 1.01. The Hall–Kier alpha value is -3.64. The van der Waals surface area contributed by atoms with Crippen LogP contribution in [0.5, 0.6) is 11.5 Å². The summed E-state index contributed by atoms with van der Waals surface area (Å²) in [7, 11) is 0. The molecule has 0 amide bonds. The molecule has 0 aromatic heterocycles. The number of Topliss-reactive ketones (excluding diaryl/α,β-unsaturated/α-hetero) is 1. The van der Waals surface area contributed by atoms with E-state index in [1.807, 2.05) is 13.0 Å². The lowest BCUT2D eigenvalue weighted by molar-refractivity contribution is -0.384. The van der Waals surface area contributed by atoms with Crippen LogP contribution in [0.15, 0.2) is 66.4 Å². The van der Waals surface area contributed by atoms with Gasteiger partial charge in [0.05, 0.1) is 10.5 Å². The average molecular weight is 422 g/mol. The molecular weight excluding hydrogens is 406 g/mol. The highest BCUT2D eigenvalue weighted by molar-refractivity contribution is 6.30. The minimum atomic E-state index is -0.447. The maximum absolute atomic E-state index is 12.8. The number of carbonyl (C=O) groups is 1. The Balaban J connectivity index is 1.53. The van der Waals surface area contributed by atoms with Crippen LogP contribution in [0, 0.1) is 17.0 Å². The van der Waals surface area contributed by atoms with E-state index < -0.39 is 4.92 Å². The summed E-state index contributed by atoms with van der Waals surface area (Å²) < 4.78 is 11.6. The van der Waals surface area contributed by atoms with E-state index in [4.69, 9.17) is 21.1 Å². The number of ether oxygens (including phenoxy) is 2. The molecule has 1 aliphatic rings. The minimum absolute atomic E-state index is 0.0260. The molecule has 0 spiro atoms. The molecule has 4 rings (SSSR count). The number of nitro groups is 1. The zero-order valence-electron chi connectivity index (χ0n) is 15.9. The van der Waals surface area contributed by atoms with Gasteiger partial charge in [-0.3, -0.25) is 14.9 Å². The van der Waals surface area contributed by atoms with Gasteiger partial charge in [-0.15, -0.1) is 0 Å². The number of benzene rings is 3. The third kappa shape index (κ3) is 4.04. The first-order valence-corrected chi connectivity index (χ1v) is 9.49. The Labute approximate surface area is 177 Å². The van der Waals surface area contributed by atoms with Crippen LogP contribution in [-0.4, -0.2) is 10.7 Å². The van der Waals surface area contributed by atoms with E-state index in [1.165, 1.54) is 12.1 Å². The topological polar surface area (TPSA) is 78.7 Å². The lowest BCUT2D eigenvalue weighted by atomic mass is 10.0. The maximum Gasteiger partial charge on any atom is 0.269 e. The fourth-order valence-electron chi connectivity index (χ4n) is 3.19. The summed E-state index contributed by atoms with van der Waals surface area (Å²) in [6.45, 7) is 2.05. The van der Waals surface area contributed by atoms with Crippen molar-refractivity contribution in [1.82, 2.24) is 0 Å². The molecule has 0 unspecified atom stereocenters. The number of aryl methyl sites for hydroxylation is 1. The van der Waals surface area contributed by atoms with Crippen LogP contribution >= 0.6 is 11.6 Å². The predicted molar refractivity (Wildman–Crippen MR) is 113 cm³/mol. The second kappa shape index (κ2) is 8.00. The Bertz CT molecular complexity index is 1180. The first-order chi connectivity index (χ1) is 14.4. The van der Waals surface area contributed by atoms with Crippen molar-refractivity contribution >= 4 is 29.1 Å². The number of nitrogens with zero attached hydrogens (tertiary/aromatic N) is 1. The molecule has 30 heavy (non-hydrogen) atoms. The molecule has 6 nitrogen and oxygen atoms in total. The van der Waals surface area contributed by atoms with E-state index in [1.54, 1.807) is 48.5 Å². The van der Waals surface area contributed by atoms with E-state index in [-0.39, 0.29) is 23.8 Å². The maximum atomic E-state index is 12.8. The summed E-state index contributed by atoms with van der Waals surface area (Å²) in [6.07, 6.45) is 1.66. The van der Waals surface area contributed by atoms with Crippen molar-refractivity contribution in [2.45, 2.75) is 13.5 Å². The summed E-state index contributed by atoms with van der Waals surface area (Å²) >= 11 is 6.01. The van der Waals surface area contributed by atoms with E-state index >= 15 is 0 Å². The Morgan fingerprint density at radius 2 is 1.90 bits per heavy atom. The number of halogens is 1. The highest BCUT2D eigenvalue weighted by Gasteiger charge is 2.30. The second-order valence-corrected chi connectivity index (χ2v) is 7.26. The van der Waals surface area contributed by atoms with Gasteiger partial charge in [-0.05, 0) is 60.0 Å². The SMILES string of the molecule is Cc1cc(OCc2ccc([N+](=O)[O-])cc2)cc2c1C(=O)/C(=C/c1cccc(Cl)c1)O2. The molecule has 0 radical (unpaired) electrons. The number of rotatable bonds is 5. The predicted octanol–water partition coefficient (Wildman–Crippen LogP) is 5.75. The Morgan fingerprint density at radius 3 is 2.60 bits per heavy atom. The number of ketones is 1. The fourth-order valence-corrected chi connectivity index (χ4v) is 3.39. The highest BCUT2D eigenvalue weighted by Crippen LogP contribution is 2.37. The van der Waals surface area contributed by atoms with Gasteiger partial charge in [0.2, 0.25) is 5.78 Å². The molecule has 0 saturated carbocycles. The molecule has 0 bridgehead atoms. The summed E-state index contributed by atoms with van der Waals surface area (Å²) in [5, 5.41) is 11.3. The third-order valence-electron chi connectivity index (χ3n) is 4.64. The molecular formula is C23H16ClNO5. The molecule has 3 aromatic carbocycles. The monoisotopic (exact) mass is 421 g/mol. The highest BCUT2D eigenvalue weighted by atomic mass is 35.5. The van der Waals surface area contributed by atoms with Crippen LogP contribution in [0.3, 0.4) is 0 Å². The number of fused-ring (bicyclic) bond motifs is 1. The van der Waals surface area contributed by atoms with E-state index in [2.05, 4.69) is 0 Å². The first kappa shape index (κ1) is 19.7. The number of hydrogen-bond acceptors (Lipinski definition) is 5. The van der Waals surface area contributed by atoms with E-state index in [0.717, 1.165) is 16.7 Å². The summed E-state index contributed by atoms with van der Waals surface area (Å²) in [6, 6.07) is 16.7. The van der Waals surface area contributed by atoms with Crippen molar-refractivity contribution in [1.29, 1.82) is 0 Å². The van der Waals surface area contributed by atoms with Crippen molar-refractivity contribution in [3.63, 3.8) is 0 Å². The van der Waals surface area contributed by atoms with Crippen LogP contribution in [0.4, 0.5) is 5.69 Å². The van der Waals surface area contributed by atoms with Crippen LogP contribution in [0.1, 0.15) is 27.0 Å². The smallest absolute Gasteiger partial charge is 0.269 e. The Kier molecular flexibility index (Phi) is 5.25. The number of carbonyl (C=O) groups excluding carboxylic acids is 1. The van der Waals surface area contributed by atoms with Crippen molar-refractivity contribution in [2.75, 3.05) is 0 Å². The van der Waals surface area contributed by atoms with Crippen LogP contribution in [0.2, 0.25) is 5.02 Å². The lowest BCUT2D eigenvalue weighted by Gasteiger charge is -2.09. The zero-order valence-corrected chi connectivity index (χ0v) is 16.7. The number of allylic oxidation sites excluding steroid dienone is 1. The zero-order chi connectivity index (χ0) is 21.3. The average Bonchev–Trinajstić information content (AvgIpc) is 3.02. The van der Waals surface area contributed by atoms with Crippen molar-refractivity contribution in [3.05, 3.63) is 104 Å². The molecule has 150 valence electrons. The van der Waals surface area contributed by atoms with Gasteiger partial charge in [-0.2, -0.15) is 0 Å². The van der Waals surface area contributed by atoms with Gasteiger partial charge in [0.15, 0.2) is 5.76 Å². The normalized spacial score (nSPS) is 13.8. The molecule has 0 atom stereocenters. The molecule has 0 aliphatic carbocycles. The third-order valence-corrected chi connectivity index (χ3v) is 4.88. The van der Waals surface area contributed by atoms with Crippen LogP contribution < -0.4 is 9.47 Å². The summed E-state index contributed by atoms with van der Waals surface area (Å²) in [4.78, 5) is 23.1. The Morgan fingerprint density at radius 1 is 1.13 bits per heavy atom. The second-order valence-electron chi connectivity index (χ2n) is 6.82. The van der Waals surface area contributed by atoms with Crippen molar-refractivity contribution < 1.29 is 19.2 Å². The molecule has 0 fully saturated rings. The van der Waals surface area contributed by atoms with Gasteiger partial charge in [-0.1, -0.05) is 23.7 Å². The molecule has 0 saturated heterocycles. The van der Waals surface area contributed by atoms with Gasteiger partial charge in [0.1, 0.15) is 18.1 Å². The molecule has 3 aromatic rings. The quantitative estimate of drug-likeness (QED) is 0.297. The van der Waals surface area contributed by atoms with Gasteiger partial charge in [0.25, 0.3) is 5.69 Å². The standard InChI is InChI=1S/C23H16ClNO5/c1-14-9-19(29-13-15-5-7-18(8-6-15)25(27)28)12-20-22(14)23(26)21(30-20)11-16-3-2-4-17(24)10-16/h2-12H,13H2,1H3/b21-11-. The van der Waals surface area contributed by atoms with Crippen molar-refractivity contribution in [2.24, 2.45) is 0 Å². The summed E-state index contributed by atoms with van der Waals surface area (Å²) in [5.41, 5.74) is 2.83. The van der Waals surface area contributed by atoms with Crippen LogP contribution in [-0.2, 0) is 6.61 Å². The molecule has 7 heteroatoms. The van der Waals surface area contributed by atoms with E-state index in [9.17, 15) is 14.9 Å².